The minimum Gasteiger partial charge on any atom is -0.286 e. The van der Waals surface area contributed by atoms with E-state index in [1.54, 1.807) is 6.92 Å². The van der Waals surface area contributed by atoms with Crippen molar-refractivity contribution in [2.24, 2.45) is 0 Å². The van der Waals surface area contributed by atoms with Crippen LogP contribution in [0.15, 0.2) is 23.1 Å². The van der Waals surface area contributed by atoms with E-state index in [1.807, 2.05) is 12.1 Å². The van der Waals surface area contributed by atoms with Crippen molar-refractivity contribution < 1.29 is 13.0 Å². The van der Waals surface area contributed by atoms with Crippen molar-refractivity contribution in [3.8, 4) is 0 Å². The summed E-state index contributed by atoms with van der Waals surface area (Å²) in [6.07, 6.45) is 0.471. The summed E-state index contributed by atoms with van der Waals surface area (Å²) in [4.78, 5) is 1.08. The van der Waals surface area contributed by atoms with Gasteiger partial charge >= 0.3 is 0 Å². The first-order chi connectivity index (χ1) is 7.28. The van der Waals surface area contributed by atoms with E-state index < -0.39 is 10.1 Å². The molecule has 1 aromatic rings. The highest BCUT2D eigenvalue weighted by Gasteiger charge is 1.98. The maximum Gasteiger partial charge on any atom is 0.264 e. The first-order valence-electron chi connectivity index (χ1n) is 4.98. The highest BCUT2D eigenvalue weighted by molar-refractivity contribution is 7.85. The van der Waals surface area contributed by atoms with E-state index in [2.05, 4.69) is 32.5 Å². The highest BCUT2D eigenvalue weighted by atomic mass is 32.2. The SMILES string of the molecule is CCCS(=O)(=O)O.Cc1cccc(S)c1C. The van der Waals surface area contributed by atoms with Crippen LogP contribution in [-0.4, -0.2) is 18.7 Å². The van der Waals surface area contributed by atoms with Crippen molar-refractivity contribution in [3.05, 3.63) is 29.3 Å². The van der Waals surface area contributed by atoms with Crippen LogP contribution < -0.4 is 0 Å². The number of aryl methyl sites for hydroxylation is 1. The maximum absolute atomic E-state index is 9.79. The molecule has 1 N–H and O–H groups in total. The smallest absolute Gasteiger partial charge is 0.264 e. The largest absolute Gasteiger partial charge is 0.286 e. The van der Waals surface area contributed by atoms with Gasteiger partial charge in [-0.25, -0.2) is 0 Å². The molecule has 0 aliphatic rings. The minimum atomic E-state index is -3.67. The van der Waals surface area contributed by atoms with Crippen LogP contribution in [0.2, 0.25) is 0 Å². The van der Waals surface area contributed by atoms with Gasteiger partial charge in [0.1, 0.15) is 0 Å². The molecule has 3 nitrogen and oxygen atoms in total. The Hall–Kier alpha value is -0.520. The van der Waals surface area contributed by atoms with Crippen LogP contribution in [0.4, 0.5) is 0 Å². The van der Waals surface area contributed by atoms with Crippen LogP contribution in [0.25, 0.3) is 0 Å². The van der Waals surface area contributed by atoms with Gasteiger partial charge in [0, 0.05) is 4.90 Å². The number of hydrogen-bond acceptors (Lipinski definition) is 3. The van der Waals surface area contributed by atoms with Gasteiger partial charge < -0.3 is 0 Å². The summed E-state index contributed by atoms with van der Waals surface area (Å²) in [5, 5.41) is 0. The van der Waals surface area contributed by atoms with Crippen LogP contribution in [0.1, 0.15) is 24.5 Å². The summed E-state index contributed by atoms with van der Waals surface area (Å²) in [6.45, 7) is 5.86. The normalized spacial score (nSPS) is 10.6. The number of hydrogen-bond donors (Lipinski definition) is 2. The molecule has 0 amide bonds. The Balaban J connectivity index is 0.000000293. The maximum atomic E-state index is 9.79. The van der Waals surface area contributed by atoms with Gasteiger partial charge in [0.2, 0.25) is 0 Å². The van der Waals surface area contributed by atoms with Gasteiger partial charge in [0.25, 0.3) is 10.1 Å². The molecule has 0 spiro atoms. The molecular weight excluding hydrogens is 244 g/mol. The molecule has 0 radical (unpaired) electrons. The minimum absolute atomic E-state index is 0.132. The summed E-state index contributed by atoms with van der Waals surface area (Å²) in [5.41, 5.74) is 2.59. The number of thiol groups is 1. The molecule has 0 saturated heterocycles. The van der Waals surface area contributed by atoms with E-state index in [4.69, 9.17) is 4.55 Å². The molecule has 16 heavy (non-hydrogen) atoms. The molecule has 0 unspecified atom stereocenters. The Morgan fingerprint density at radius 1 is 1.31 bits per heavy atom. The fraction of sp³-hybridized carbons (Fsp3) is 0.455. The van der Waals surface area contributed by atoms with E-state index in [-0.39, 0.29) is 5.75 Å². The quantitative estimate of drug-likeness (QED) is 0.636. The van der Waals surface area contributed by atoms with Crippen molar-refractivity contribution in [1.82, 2.24) is 0 Å². The molecule has 0 saturated carbocycles. The zero-order chi connectivity index (χ0) is 12.8. The van der Waals surface area contributed by atoms with Crippen LogP contribution in [-0.2, 0) is 10.1 Å². The second kappa shape index (κ2) is 6.93. The van der Waals surface area contributed by atoms with Crippen LogP contribution in [0.5, 0.6) is 0 Å². The molecule has 0 aliphatic heterocycles. The average Bonchev–Trinajstić information content (AvgIpc) is 2.13. The van der Waals surface area contributed by atoms with E-state index >= 15 is 0 Å². The van der Waals surface area contributed by atoms with Gasteiger partial charge in [0.05, 0.1) is 5.75 Å². The molecule has 0 atom stereocenters. The van der Waals surface area contributed by atoms with E-state index in [0.717, 1.165) is 4.90 Å². The van der Waals surface area contributed by atoms with Gasteiger partial charge in [-0.05, 0) is 37.5 Å². The summed E-state index contributed by atoms with van der Waals surface area (Å²) >= 11 is 4.27. The predicted molar refractivity (Wildman–Crippen MR) is 69.9 cm³/mol. The molecule has 1 rings (SSSR count). The molecule has 0 heterocycles. The van der Waals surface area contributed by atoms with Crippen molar-refractivity contribution >= 4 is 22.7 Å². The van der Waals surface area contributed by atoms with E-state index in [9.17, 15) is 8.42 Å². The summed E-state index contributed by atoms with van der Waals surface area (Å²) in [5.74, 6) is -0.132. The predicted octanol–water partition coefficient (Wildman–Crippen LogP) is 2.88. The van der Waals surface area contributed by atoms with Gasteiger partial charge in [-0.1, -0.05) is 19.1 Å². The van der Waals surface area contributed by atoms with Gasteiger partial charge in [-0.15, -0.1) is 12.6 Å². The second-order valence-corrected chi connectivity index (χ2v) is 5.56. The molecular formula is C11H18O3S2. The Morgan fingerprint density at radius 2 is 1.88 bits per heavy atom. The van der Waals surface area contributed by atoms with Crippen molar-refractivity contribution in [3.63, 3.8) is 0 Å². The average molecular weight is 262 g/mol. The third kappa shape index (κ3) is 6.87. The third-order valence-electron chi connectivity index (χ3n) is 2.04. The van der Waals surface area contributed by atoms with E-state index in [0.29, 0.717) is 6.42 Å². The molecule has 0 aromatic heterocycles. The first-order valence-corrected chi connectivity index (χ1v) is 7.04. The number of rotatable bonds is 2. The van der Waals surface area contributed by atoms with Crippen molar-refractivity contribution in [2.75, 3.05) is 5.75 Å². The lowest BCUT2D eigenvalue weighted by molar-refractivity contribution is 0.482. The molecule has 0 aliphatic carbocycles. The monoisotopic (exact) mass is 262 g/mol. The molecule has 92 valence electrons. The zero-order valence-electron chi connectivity index (χ0n) is 9.77. The summed E-state index contributed by atoms with van der Waals surface area (Å²) < 4.78 is 27.6. The molecule has 0 bridgehead atoms. The lowest BCUT2D eigenvalue weighted by Gasteiger charge is -2.00. The van der Waals surface area contributed by atoms with Crippen molar-refractivity contribution in [1.29, 1.82) is 0 Å². The Morgan fingerprint density at radius 3 is 2.12 bits per heavy atom. The van der Waals surface area contributed by atoms with E-state index in [1.165, 1.54) is 11.1 Å². The first kappa shape index (κ1) is 15.5. The van der Waals surface area contributed by atoms with Gasteiger partial charge in [-0.2, -0.15) is 8.42 Å². The fourth-order valence-electron chi connectivity index (χ4n) is 0.994. The van der Waals surface area contributed by atoms with Crippen LogP contribution >= 0.6 is 12.6 Å². The van der Waals surface area contributed by atoms with Gasteiger partial charge in [-0.3, -0.25) is 4.55 Å². The van der Waals surface area contributed by atoms with Crippen LogP contribution in [0.3, 0.4) is 0 Å². The Bertz CT molecular complexity index is 405. The van der Waals surface area contributed by atoms with Gasteiger partial charge in [0.15, 0.2) is 0 Å². The summed E-state index contributed by atoms with van der Waals surface area (Å²) in [7, 11) is -3.67. The lowest BCUT2D eigenvalue weighted by atomic mass is 10.1. The summed E-state index contributed by atoms with van der Waals surface area (Å²) in [6, 6.07) is 6.12. The number of benzene rings is 1. The van der Waals surface area contributed by atoms with Crippen LogP contribution in [0, 0.1) is 13.8 Å². The van der Waals surface area contributed by atoms with Crippen molar-refractivity contribution in [2.45, 2.75) is 32.1 Å². The molecule has 1 aromatic carbocycles. The fourth-order valence-corrected chi connectivity index (χ4v) is 1.77. The highest BCUT2D eigenvalue weighted by Crippen LogP contribution is 2.15. The Labute approximate surface area is 103 Å². The topological polar surface area (TPSA) is 54.4 Å². The Kier molecular flexibility index (Phi) is 6.71. The standard InChI is InChI=1S/C8H10S.C3H8O3S/c1-6-4-3-5-8(9)7(6)2;1-2-3-7(4,5)6/h3-5,9H,1-2H3;2-3H2,1H3,(H,4,5,6). The lowest BCUT2D eigenvalue weighted by Crippen LogP contribution is -2.01. The zero-order valence-corrected chi connectivity index (χ0v) is 11.5. The third-order valence-corrected chi connectivity index (χ3v) is 3.45. The second-order valence-electron chi connectivity index (χ2n) is 3.51. The molecule has 0 fully saturated rings. The molecule has 5 heteroatoms.